The molecule has 2 aromatic carbocycles. The van der Waals surface area contributed by atoms with E-state index in [4.69, 9.17) is 9.47 Å². The van der Waals surface area contributed by atoms with Gasteiger partial charge in [-0.25, -0.2) is 9.59 Å². The number of carboxylic acids is 1. The third-order valence-corrected chi connectivity index (χ3v) is 9.14. The molecule has 1 saturated carbocycles. The van der Waals surface area contributed by atoms with Crippen LogP contribution < -0.4 is 4.74 Å². The van der Waals surface area contributed by atoms with E-state index >= 15 is 0 Å². The van der Waals surface area contributed by atoms with E-state index in [0.717, 1.165) is 47.0 Å². The molecule has 1 amide bonds. The summed E-state index contributed by atoms with van der Waals surface area (Å²) in [6.07, 6.45) is 6.51. The second kappa shape index (κ2) is 10.8. The van der Waals surface area contributed by atoms with Crippen molar-refractivity contribution in [2.75, 3.05) is 40.9 Å². The van der Waals surface area contributed by atoms with Crippen molar-refractivity contribution in [3.63, 3.8) is 0 Å². The minimum atomic E-state index is -0.916. The van der Waals surface area contributed by atoms with Crippen LogP contribution in [0.1, 0.15) is 72.0 Å². The highest BCUT2D eigenvalue weighted by molar-refractivity contribution is 5.98. The molecule has 2 unspecified atom stereocenters. The van der Waals surface area contributed by atoms with Crippen molar-refractivity contribution in [3.8, 4) is 17.0 Å². The van der Waals surface area contributed by atoms with Crippen molar-refractivity contribution in [1.82, 2.24) is 14.4 Å². The Kier molecular flexibility index (Phi) is 7.21. The van der Waals surface area contributed by atoms with Crippen molar-refractivity contribution in [2.24, 2.45) is 5.92 Å². The van der Waals surface area contributed by atoms with Crippen LogP contribution in [0.25, 0.3) is 22.2 Å². The Morgan fingerprint density at radius 2 is 1.85 bits per heavy atom. The number of carboxylic acid groups (broad SMARTS) is 1. The molecule has 1 N–H and O–H groups in total. The molecule has 0 bridgehead atoms. The van der Waals surface area contributed by atoms with E-state index < -0.39 is 5.97 Å². The van der Waals surface area contributed by atoms with Gasteiger partial charge < -0.3 is 28.9 Å². The fourth-order valence-electron chi connectivity index (χ4n) is 7.23. The number of amides is 1. The number of fused-ring (bicyclic) bond motifs is 7. The first kappa shape index (κ1) is 26.7. The standard InChI is InChI=1S/C32H39N3O5/c1-33(2)15-16-40-32(38)34-14-13-22-19-35-27-17-21(31(36)37)9-11-25(27)28(20-7-5-4-6-8-20)30(35)24-12-10-23(39-3)18-26(24)29(22)34/h9-12,17-18,20,22,29H,4-8,13-16,19H2,1-3H3,(H,36,37). The number of carbonyl (C=O) groups is 2. The van der Waals surface area contributed by atoms with E-state index in [0.29, 0.717) is 37.7 Å². The topological polar surface area (TPSA) is 84.2 Å². The fourth-order valence-corrected chi connectivity index (χ4v) is 7.23. The number of rotatable bonds is 6. The van der Waals surface area contributed by atoms with Crippen LogP contribution in [0, 0.1) is 5.92 Å². The molecule has 2 atom stereocenters. The molecule has 2 aliphatic heterocycles. The molecular formula is C32H39N3O5. The number of hydrogen-bond acceptors (Lipinski definition) is 5. The maximum absolute atomic E-state index is 13.4. The quantitative estimate of drug-likeness (QED) is 0.401. The largest absolute Gasteiger partial charge is 0.497 e. The van der Waals surface area contributed by atoms with E-state index in [2.05, 4.69) is 16.7 Å². The van der Waals surface area contributed by atoms with Crippen molar-refractivity contribution in [3.05, 3.63) is 53.1 Å². The number of benzene rings is 2. The maximum Gasteiger partial charge on any atom is 0.410 e. The van der Waals surface area contributed by atoms with Gasteiger partial charge in [0, 0.05) is 42.0 Å². The first-order valence-electron chi connectivity index (χ1n) is 14.5. The summed E-state index contributed by atoms with van der Waals surface area (Å²) in [6.45, 7) is 2.35. The van der Waals surface area contributed by atoms with Crippen molar-refractivity contribution >= 4 is 23.0 Å². The molecule has 1 saturated heterocycles. The summed E-state index contributed by atoms with van der Waals surface area (Å²) in [4.78, 5) is 29.3. The molecule has 3 aromatic rings. The Labute approximate surface area is 235 Å². The van der Waals surface area contributed by atoms with Gasteiger partial charge in [-0.2, -0.15) is 0 Å². The van der Waals surface area contributed by atoms with Gasteiger partial charge in [0.15, 0.2) is 0 Å². The van der Waals surface area contributed by atoms with Crippen molar-refractivity contribution in [1.29, 1.82) is 0 Å². The lowest BCUT2D eigenvalue weighted by molar-refractivity contribution is 0.0696. The van der Waals surface area contributed by atoms with Crippen LogP contribution in [0.5, 0.6) is 5.75 Å². The number of carbonyl (C=O) groups excluding carboxylic acids is 1. The number of aromatic carboxylic acids is 1. The molecule has 2 fully saturated rings. The average Bonchev–Trinajstić information content (AvgIpc) is 3.48. The highest BCUT2D eigenvalue weighted by Gasteiger charge is 2.44. The summed E-state index contributed by atoms with van der Waals surface area (Å²) in [5.41, 5.74) is 5.98. The summed E-state index contributed by atoms with van der Waals surface area (Å²) in [5.74, 6) is 0.433. The second-order valence-corrected chi connectivity index (χ2v) is 11.8. The summed E-state index contributed by atoms with van der Waals surface area (Å²) >= 11 is 0. The highest BCUT2D eigenvalue weighted by atomic mass is 16.6. The fraction of sp³-hybridized carbons (Fsp3) is 0.500. The molecule has 212 valence electrons. The zero-order valence-electron chi connectivity index (χ0n) is 23.7. The number of ether oxygens (including phenoxy) is 2. The van der Waals surface area contributed by atoms with Gasteiger partial charge in [0.2, 0.25) is 0 Å². The molecule has 3 aliphatic rings. The van der Waals surface area contributed by atoms with Gasteiger partial charge >= 0.3 is 12.1 Å². The third kappa shape index (κ3) is 4.62. The van der Waals surface area contributed by atoms with Crippen molar-refractivity contribution in [2.45, 2.75) is 57.0 Å². The smallest absolute Gasteiger partial charge is 0.410 e. The normalized spacial score (nSPS) is 20.6. The van der Waals surface area contributed by atoms with E-state index in [-0.39, 0.29) is 18.1 Å². The van der Waals surface area contributed by atoms with Gasteiger partial charge in [-0.1, -0.05) is 25.3 Å². The lowest BCUT2D eigenvalue weighted by Crippen LogP contribution is -2.34. The lowest BCUT2D eigenvalue weighted by Gasteiger charge is -2.29. The first-order chi connectivity index (χ1) is 19.4. The Balaban J connectivity index is 1.53. The first-order valence-corrected chi connectivity index (χ1v) is 14.5. The van der Waals surface area contributed by atoms with Gasteiger partial charge in [0.05, 0.1) is 24.4 Å². The summed E-state index contributed by atoms with van der Waals surface area (Å²) in [6, 6.07) is 11.7. The van der Waals surface area contributed by atoms with Crippen LogP contribution in [0.4, 0.5) is 4.79 Å². The van der Waals surface area contributed by atoms with Crippen LogP contribution in [0.2, 0.25) is 0 Å². The Bertz CT molecular complexity index is 1440. The van der Waals surface area contributed by atoms with Gasteiger partial charge in [-0.05, 0) is 80.7 Å². The summed E-state index contributed by atoms with van der Waals surface area (Å²) in [5, 5.41) is 11.0. The van der Waals surface area contributed by atoms with E-state index in [9.17, 15) is 14.7 Å². The molecule has 3 heterocycles. The van der Waals surface area contributed by atoms with Crippen LogP contribution in [0.15, 0.2) is 36.4 Å². The SMILES string of the molecule is COc1ccc2c(c1)C1C(CCN1C(=O)OCCN(C)C)Cn1c-2c(C2CCCCC2)c2ccc(C(=O)O)cc21. The van der Waals surface area contributed by atoms with Crippen LogP contribution in [0.3, 0.4) is 0 Å². The highest BCUT2D eigenvalue weighted by Crippen LogP contribution is 2.52. The molecule has 8 heteroatoms. The van der Waals surface area contributed by atoms with Crippen molar-refractivity contribution < 1.29 is 24.2 Å². The minimum absolute atomic E-state index is 0.145. The van der Waals surface area contributed by atoms with Gasteiger partial charge in [-0.3, -0.25) is 0 Å². The molecule has 6 rings (SSSR count). The predicted molar refractivity (Wildman–Crippen MR) is 154 cm³/mol. The molecule has 0 spiro atoms. The average molecular weight is 546 g/mol. The molecule has 0 radical (unpaired) electrons. The minimum Gasteiger partial charge on any atom is -0.497 e. The van der Waals surface area contributed by atoms with E-state index in [1.807, 2.05) is 42.1 Å². The number of hydrogen-bond donors (Lipinski definition) is 1. The zero-order chi connectivity index (χ0) is 28.0. The molecule has 1 aromatic heterocycles. The molecular weight excluding hydrogens is 506 g/mol. The van der Waals surface area contributed by atoms with Crippen LogP contribution >= 0.6 is 0 Å². The third-order valence-electron chi connectivity index (χ3n) is 9.14. The van der Waals surface area contributed by atoms with Gasteiger partial charge in [-0.15, -0.1) is 0 Å². The Morgan fingerprint density at radius 3 is 2.58 bits per heavy atom. The number of methoxy groups -OCH3 is 1. The van der Waals surface area contributed by atoms with E-state index in [1.54, 1.807) is 13.2 Å². The van der Waals surface area contributed by atoms with Crippen LogP contribution in [-0.2, 0) is 11.3 Å². The van der Waals surface area contributed by atoms with Gasteiger partial charge in [0.25, 0.3) is 0 Å². The number of aromatic nitrogens is 1. The summed E-state index contributed by atoms with van der Waals surface area (Å²) < 4.78 is 13.8. The maximum atomic E-state index is 13.4. The number of likely N-dealkylation sites (tertiary alicyclic amines) is 1. The predicted octanol–water partition coefficient (Wildman–Crippen LogP) is 6.14. The number of nitrogens with zero attached hydrogens (tertiary/aromatic N) is 3. The number of likely N-dealkylation sites (N-methyl/N-ethyl adjacent to an activating group) is 1. The second-order valence-electron chi connectivity index (χ2n) is 11.8. The molecule has 1 aliphatic carbocycles. The Morgan fingerprint density at radius 1 is 1.05 bits per heavy atom. The zero-order valence-corrected chi connectivity index (χ0v) is 23.7. The Hall–Kier alpha value is -3.52. The monoisotopic (exact) mass is 545 g/mol. The van der Waals surface area contributed by atoms with Gasteiger partial charge in [0.1, 0.15) is 12.4 Å². The van der Waals surface area contributed by atoms with E-state index in [1.165, 1.54) is 30.5 Å². The summed E-state index contributed by atoms with van der Waals surface area (Å²) in [7, 11) is 5.60. The molecule has 40 heavy (non-hydrogen) atoms. The lowest BCUT2D eigenvalue weighted by atomic mass is 9.81. The molecule has 8 nitrogen and oxygen atoms in total. The van der Waals surface area contributed by atoms with Crippen LogP contribution in [-0.4, -0.2) is 72.4 Å².